The number of nitrogens with zero attached hydrogens (tertiary/aromatic N) is 4. The number of hydrogen-bond acceptors (Lipinski definition) is 6. The molecule has 1 aromatic carbocycles. The zero-order valence-corrected chi connectivity index (χ0v) is 18.3. The number of amides is 1. The number of carbonyl (C=O) groups is 1. The standard InChI is InChI=1S/C25H21FN6O/c1-14-4-5-18(32-24(33)15-6-7-29-20(9-15)25(2,3)13-27)10-19(14)16-8-17-12-31-23(28)21(26)22(17)30-11-16/h4-12H,1-3H3,(H2,28,31)(H,32,33). The molecule has 7 nitrogen and oxygen atoms in total. The molecule has 0 unspecified atom stereocenters. The summed E-state index contributed by atoms with van der Waals surface area (Å²) in [5.41, 5.74) is 8.92. The molecule has 0 fully saturated rings. The molecule has 0 spiro atoms. The number of nitrogens with two attached hydrogens (primary N) is 1. The highest BCUT2D eigenvalue weighted by Crippen LogP contribution is 2.30. The second kappa shape index (κ2) is 8.28. The van der Waals surface area contributed by atoms with Gasteiger partial charge in [0.25, 0.3) is 5.91 Å². The van der Waals surface area contributed by atoms with Gasteiger partial charge in [0.1, 0.15) is 5.52 Å². The van der Waals surface area contributed by atoms with Crippen LogP contribution in [0.5, 0.6) is 0 Å². The van der Waals surface area contributed by atoms with Crippen LogP contribution in [-0.2, 0) is 5.41 Å². The molecule has 0 radical (unpaired) electrons. The number of aromatic nitrogens is 3. The summed E-state index contributed by atoms with van der Waals surface area (Å²) in [6.45, 7) is 5.43. The second-order valence-electron chi connectivity index (χ2n) is 8.27. The molecule has 3 heterocycles. The van der Waals surface area contributed by atoms with Crippen molar-refractivity contribution in [3.8, 4) is 17.2 Å². The predicted molar refractivity (Wildman–Crippen MR) is 125 cm³/mol. The summed E-state index contributed by atoms with van der Waals surface area (Å²) in [6.07, 6.45) is 4.57. The number of nitrogens with one attached hydrogen (secondary N) is 1. The Morgan fingerprint density at radius 3 is 2.67 bits per heavy atom. The van der Waals surface area contributed by atoms with Crippen molar-refractivity contribution in [2.24, 2.45) is 0 Å². The van der Waals surface area contributed by atoms with Gasteiger partial charge in [-0.05, 0) is 62.2 Å². The third-order valence-electron chi connectivity index (χ3n) is 5.44. The van der Waals surface area contributed by atoms with Crippen LogP contribution in [0.1, 0.15) is 35.5 Å². The van der Waals surface area contributed by atoms with Crippen LogP contribution in [0.25, 0.3) is 22.0 Å². The van der Waals surface area contributed by atoms with Gasteiger partial charge in [0.15, 0.2) is 11.6 Å². The Morgan fingerprint density at radius 1 is 1.12 bits per heavy atom. The summed E-state index contributed by atoms with van der Waals surface area (Å²) in [4.78, 5) is 25.2. The molecule has 33 heavy (non-hydrogen) atoms. The Balaban J connectivity index is 1.65. The molecule has 8 heteroatoms. The van der Waals surface area contributed by atoms with Gasteiger partial charge in [-0.3, -0.25) is 14.8 Å². The number of fused-ring (bicyclic) bond motifs is 1. The van der Waals surface area contributed by atoms with Gasteiger partial charge in [-0.2, -0.15) is 5.26 Å². The zero-order valence-electron chi connectivity index (χ0n) is 18.3. The molecule has 3 N–H and O–H groups in total. The number of benzene rings is 1. The minimum Gasteiger partial charge on any atom is -0.381 e. The molecule has 4 aromatic rings. The molecule has 3 aromatic heterocycles. The Bertz CT molecular complexity index is 1440. The summed E-state index contributed by atoms with van der Waals surface area (Å²) >= 11 is 0. The number of nitrogen functional groups attached to an aromatic ring is 1. The van der Waals surface area contributed by atoms with Gasteiger partial charge in [-0.25, -0.2) is 9.37 Å². The smallest absolute Gasteiger partial charge is 0.255 e. The molecule has 0 aliphatic heterocycles. The van der Waals surface area contributed by atoms with E-state index < -0.39 is 11.2 Å². The zero-order chi connectivity index (χ0) is 23.8. The maximum atomic E-state index is 14.2. The van der Waals surface area contributed by atoms with Gasteiger partial charge >= 0.3 is 0 Å². The molecule has 0 aliphatic rings. The summed E-state index contributed by atoms with van der Waals surface area (Å²) in [6, 6.07) is 12.7. The molecule has 0 atom stereocenters. The number of halogens is 1. The average Bonchev–Trinajstić information content (AvgIpc) is 2.82. The summed E-state index contributed by atoms with van der Waals surface area (Å²) in [5.74, 6) is -1.16. The fraction of sp³-hybridized carbons (Fsp3) is 0.160. The molecule has 0 saturated carbocycles. The van der Waals surface area contributed by atoms with Crippen LogP contribution in [0.4, 0.5) is 15.9 Å². The lowest BCUT2D eigenvalue weighted by molar-refractivity contribution is 0.102. The van der Waals surface area contributed by atoms with Gasteiger partial charge in [-0.15, -0.1) is 0 Å². The number of aryl methyl sites for hydroxylation is 1. The fourth-order valence-corrected chi connectivity index (χ4v) is 3.41. The second-order valence-corrected chi connectivity index (χ2v) is 8.27. The third-order valence-corrected chi connectivity index (χ3v) is 5.44. The van der Waals surface area contributed by atoms with Crippen LogP contribution < -0.4 is 11.1 Å². The van der Waals surface area contributed by atoms with Gasteiger partial charge in [0, 0.05) is 40.8 Å². The highest BCUT2D eigenvalue weighted by atomic mass is 19.1. The summed E-state index contributed by atoms with van der Waals surface area (Å²) in [7, 11) is 0. The molecule has 0 saturated heterocycles. The van der Waals surface area contributed by atoms with Crippen LogP contribution in [0.15, 0.2) is 55.0 Å². The summed E-state index contributed by atoms with van der Waals surface area (Å²) < 4.78 is 14.2. The normalized spacial score (nSPS) is 11.2. The molecule has 1 amide bonds. The van der Waals surface area contributed by atoms with Crippen molar-refractivity contribution in [1.29, 1.82) is 5.26 Å². The third kappa shape index (κ3) is 4.21. The highest BCUT2D eigenvalue weighted by Gasteiger charge is 2.22. The number of carbonyl (C=O) groups excluding carboxylic acids is 1. The number of anilines is 2. The van der Waals surface area contributed by atoms with E-state index in [4.69, 9.17) is 5.73 Å². The van der Waals surface area contributed by atoms with E-state index in [-0.39, 0.29) is 17.2 Å². The van der Waals surface area contributed by atoms with E-state index in [1.165, 1.54) is 12.4 Å². The van der Waals surface area contributed by atoms with E-state index >= 15 is 0 Å². The molecule has 0 bridgehead atoms. The first kappa shape index (κ1) is 21.8. The van der Waals surface area contributed by atoms with Crippen molar-refractivity contribution in [3.63, 3.8) is 0 Å². The minimum absolute atomic E-state index is 0.155. The molecular formula is C25H21FN6O. The largest absolute Gasteiger partial charge is 0.381 e. The van der Waals surface area contributed by atoms with E-state index in [1.807, 2.05) is 19.1 Å². The number of nitriles is 1. The highest BCUT2D eigenvalue weighted by molar-refractivity contribution is 6.04. The average molecular weight is 440 g/mol. The predicted octanol–water partition coefficient (Wildman–Crippen LogP) is 4.78. The van der Waals surface area contributed by atoms with Gasteiger partial charge in [0.05, 0.1) is 17.2 Å². The first-order valence-corrected chi connectivity index (χ1v) is 10.2. The molecule has 4 rings (SSSR count). The van der Waals surface area contributed by atoms with E-state index in [9.17, 15) is 14.4 Å². The monoisotopic (exact) mass is 440 g/mol. The van der Waals surface area contributed by atoms with Crippen LogP contribution in [-0.4, -0.2) is 20.9 Å². The first-order valence-electron chi connectivity index (χ1n) is 10.2. The van der Waals surface area contributed by atoms with Crippen molar-refractivity contribution in [3.05, 3.63) is 77.6 Å². The molecular weight excluding hydrogens is 419 g/mol. The van der Waals surface area contributed by atoms with Crippen LogP contribution in [0, 0.1) is 24.1 Å². The number of rotatable bonds is 4. The van der Waals surface area contributed by atoms with Crippen molar-refractivity contribution < 1.29 is 9.18 Å². The molecule has 0 aliphatic carbocycles. The van der Waals surface area contributed by atoms with Crippen molar-refractivity contribution in [1.82, 2.24) is 15.0 Å². The fourth-order valence-electron chi connectivity index (χ4n) is 3.41. The SMILES string of the molecule is Cc1ccc(NC(=O)c2ccnc(C(C)(C)C#N)c2)cc1-c1cnc2c(F)c(N)ncc2c1. The van der Waals surface area contributed by atoms with Crippen molar-refractivity contribution in [2.75, 3.05) is 11.1 Å². The number of pyridine rings is 3. The maximum Gasteiger partial charge on any atom is 0.255 e. The van der Waals surface area contributed by atoms with Crippen LogP contribution >= 0.6 is 0 Å². The summed E-state index contributed by atoms with van der Waals surface area (Å²) in [5, 5.41) is 12.8. The lowest BCUT2D eigenvalue weighted by atomic mass is 9.90. The van der Waals surface area contributed by atoms with Crippen molar-refractivity contribution in [2.45, 2.75) is 26.2 Å². The van der Waals surface area contributed by atoms with Crippen LogP contribution in [0.3, 0.4) is 0 Å². The maximum absolute atomic E-state index is 14.2. The topological polar surface area (TPSA) is 118 Å². The Hall–Kier alpha value is -4.38. The van der Waals surface area contributed by atoms with Crippen LogP contribution in [0.2, 0.25) is 0 Å². The quantitative estimate of drug-likeness (QED) is 0.472. The Morgan fingerprint density at radius 2 is 1.91 bits per heavy atom. The van der Waals surface area contributed by atoms with E-state index in [2.05, 4.69) is 26.3 Å². The lowest BCUT2D eigenvalue weighted by Crippen LogP contribution is -2.18. The number of hydrogen-bond donors (Lipinski definition) is 2. The van der Waals surface area contributed by atoms with E-state index in [1.54, 1.807) is 44.3 Å². The minimum atomic E-state index is -0.810. The van der Waals surface area contributed by atoms with Gasteiger partial charge in [0.2, 0.25) is 0 Å². The Kier molecular flexibility index (Phi) is 5.48. The Labute approximate surface area is 190 Å². The van der Waals surface area contributed by atoms with Crippen molar-refractivity contribution >= 4 is 28.3 Å². The van der Waals surface area contributed by atoms with Gasteiger partial charge < -0.3 is 11.1 Å². The van der Waals surface area contributed by atoms with Gasteiger partial charge in [-0.1, -0.05) is 6.07 Å². The first-order chi connectivity index (χ1) is 15.7. The molecule has 164 valence electrons. The lowest BCUT2D eigenvalue weighted by Gasteiger charge is -2.15. The van der Waals surface area contributed by atoms with E-state index in [0.717, 1.165) is 16.7 Å². The van der Waals surface area contributed by atoms with E-state index in [0.29, 0.717) is 22.3 Å².